The molecule has 2 aromatic carbocycles. The average Bonchev–Trinajstić information content (AvgIpc) is 2.96. The van der Waals surface area contributed by atoms with E-state index in [2.05, 4.69) is 14.8 Å². The maximum absolute atomic E-state index is 14.2. The molecule has 3 heterocycles. The van der Waals surface area contributed by atoms with Crippen LogP contribution in [0.3, 0.4) is 0 Å². The molecule has 10 heteroatoms. The van der Waals surface area contributed by atoms with Crippen LogP contribution in [-0.4, -0.2) is 83.9 Å². The molecule has 2 amide bonds. The first-order valence-electron chi connectivity index (χ1n) is 13.2. The third-order valence-corrected chi connectivity index (χ3v) is 8.09. The van der Waals surface area contributed by atoms with Crippen molar-refractivity contribution < 1.29 is 14.0 Å². The quantitative estimate of drug-likeness (QED) is 0.342. The van der Waals surface area contributed by atoms with Gasteiger partial charge in [0.2, 0.25) is 5.91 Å². The number of para-hydroxylation sites is 1. The monoisotopic (exact) mass is 548 g/mol. The van der Waals surface area contributed by atoms with E-state index in [9.17, 15) is 14.0 Å². The summed E-state index contributed by atoms with van der Waals surface area (Å²) in [6, 6.07) is 16.6. The third kappa shape index (κ3) is 6.50. The summed E-state index contributed by atoms with van der Waals surface area (Å²) < 4.78 is 14.2. The molecule has 0 saturated carbocycles. The Bertz CT molecular complexity index is 1340. The van der Waals surface area contributed by atoms with E-state index in [1.165, 1.54) is 6.07 Å². The summed E-state index contributed by atoms with van der Waals surface area (Å²) in [4.78, 5) is 42.0. The number of benzene rings is 2. The van der Waals surface area contributed by atoms with Gasteiger partial charge < -0.3 is 19.6 Å². The van der Waals surface area contributed by atoms with Crippen LogP contribution in [-0.2, 0) is 10.5 Å². The van der Waals surface area contributed by atoms with E-state index in [0.717, 1.165) is 43.3 Å². The molecule has 2 saturated heterocycles. The Morgan fingerprint density at radius 2 is 1.54 bits per heavy atom. The predicted molar refractivity (Wildman–Crippen MR) is 152 cm³/mol. The van der Waals surface area contributed by atoms with Crippen molar-refractivity contribution in [2.45, 2.75) is 24.8 Å². The zero-order valence-corrected chi connectivity index (χ0v) is 23.2. The van der Waals surface area contributed by atoms with Gasteiger partial charge in [0, 0.05) is 82.4 Å². The van der Waals surface area contributed by atoms with Crippen molar-refractivity contribution >= 4 is 35.1 Å². The van der Waals surface area contributed by atoms with Gasteiger partial charge in [0.15, 0.2) is 5.16 Å². The Morgan fingerprint density at radius 3 is 2.26 bits per heavy atom. The number of amides is 2. The molecular weight excluding hydrogens is 515 g/mol. The fraction of sp³-hybridized carbons (Fsp3) is 0.379. The number of thioether (sulfide) groups is 1. The number of nitrogens with zero attached hydrogens (tertiary/aromatic N) is 6. The van der Waals surface area contributed by atoms with Crippen LogP contribution >= 0.6 is 11.8 Å². The first kappa shape index (κ1) is 26.9. The summed E-state index contributed by atoms with van der Waals surface area (Å²) in [7, 11) is 0. The smallest absolute Gasteiger partial charge is 0.253 e. The third-order valence-electron chi connectivity index (χ3n) is 7.17. The first-order chi connectivity index (χ1) is 18.9. The second-order valence-corrected chi connectivity index (χ2v) is 10.8. The lowest BCUT2D eigenvalue weighted by Gasteiger charge is -2.37. The normalized spacial score (nSPS) is 16.0. The molecule has 0 atom stereocenters. The molecule has 0 aliphatic carbocycles. The maximum atomic E-state index is 14.2. The van der Waals surface area contributed by atoms with Crippen LogP contribution in [0.1, 0.15) is 28.5 Å². The SMILES string of the molecule is CC(=O)N1CCN(C(=O)c2cccc(CSc3nc(C)cc(N4CCN(c5ccccc5F)CC4)n3)c2)CC1. The molecule has 0 unspecified atom stereocenters. The van der Waals surface area contributed by atoms with Crippen LogP contribution in [0.2, 0.25) is 0 Å². The number of aromatic nitrogens is 2. The molecule has 2 fully saturated rings. The highest BCUT2D eigenvalue weighted by Gasteiger charge is 2.24. The first-order valence-corrected chi connectivity index (χ1v) is 14.2. The summed E-state index contributed by atoms with van der Waals surface area (Å²) in [5, 5.41) is 0.693. The average molecular weight is 549 g/mol. The predicted octanol–water partition coefficient (Wildman–Crippen LogP) is 3.85. The largest absolute Gasteiger partial charge is 0.366 e. The fourth-order valence-corrected chi connectivity index (χ4v) is 5.83. The molecule has 2 aliphatic heterocycles. The molecular formula is C29H33FN6O2S. The molecule has 0 N–H and O–H groups in total. The number of hydrogen-bond donors (Lipinski definition) is 0. The van der Waals surface area contributed by atoms with Gasteiger partial charge >= 0.3 is 0 Å². The molecule has 3 aromatic rings. The van der Waals surface area contributed by atoms with Crippen LogP contribution in [0.4, 0.5) is 15.9 Å². The summed E-state index contributed by atoms with van der Waals surface area (Å²) in [5.41, 5.74) is 3.22. The summed E-state index contributed by atoms with van der Waals surface area (Å²) in [6.07, 6.45) is 0. The second-order valence-electron chi connectivity index (χ2n) is 9.86. The molecule has 8 nitrogen and oxygen atoms in total. The zero-order valence-electron chi connectivity index (χ0n) is 22.3. The topological polar surface area (TPSA) is 72.9 Å². The lowest BCUT2D eigenvalue weighted by atomic mass is 10.1. The highest BCUT2D eigenvalue weighted by Crippen LogP contribution is 2.26. The Labute approximate surface area is 232 Å². The van der Waals surface area contributed by atoms with Crippen LogP contribution in [0, 0.1) is 12.7 Å². The van der Waals surface area contributed by atoms with Crippen molar-refractivity contribution in [1.82, 2.24) is 19.8 Å². The number of carbonyl (C=O) groups is 2. The number of halogens is 1. The van der Waals surface area contributed by atoms with Gasteiger partial charge in [-0.3, -0.25) is 9.59 Å². The van der Waals surface area contributed by atoms with E-state index < -0.39 is 0 Å². The van der Waals surface area contributed by atoms with E-state index in [0.29, 0.717) is 48.3 Å². The van der Waals surface area contributed by atoms with Gasteiger partial charge in [0.25, 0.3) is 5.91 Å². The number of carbonyl (C=O) groups excluding carboxylic acids is 2. The van der Waals surface area contributed by atoms with Crippen LogP contribution < -0.4 is 9.80 Å². The van der Waals surface area contributed by atoms with Gasteiger partial charge in [-0.15, -0.1) is 0 Å². The van der Waals surface area contributed by atoms with Crippen molar-refractivity contribution in [3.63, 3.8) is 0 Å². The standard InChI is InChI=1S/C29H33FN6O2S/c1-21-18-27(35-14-12-34(13-15-35)26-9-4-3-8-25(26)30)32-29(31-21)39-20-23-6-5-7-24(19-23)28(38)36-16-10-33(11-17-36)22(2)37/h3-9,18-19H,10-17,20H2,1-2H3. The van der Waals surface area contributed by atoms with Gasteiger partial charge in [0.1, 0.15) is 11.6 Å². The molecule has 1 aromatic heterocycles. The van der Waals surface area contributed by atoms with Crippen molar-refractivity contribution in [3.8, 4) is 0 Å². The molecule has 0 radical (unpaired) electrons. The molecule has 0 spiro atoms. The Morgan fingerprint density at radius 1 is 0.846 bits per heavy atom. The molecule has 5 rings (SSSR count). The van der Waals surface area contributed by atoms with Gasteiger partial charge in [-0.2, -0.15) is 0 Å². The highest BCUT2D eigenvalue weighted by molar-refractivity contribution is 7.98. The van der Waals surface area contributed by atoms with Gasteiger partial charge in [-0.1, -0.05) is 36.0 Å². The second kappa shape index (κ2) is 12.0. The van der Waals surface area contributed by atoms with Gasteiger partial charge in [0.05, 0.1) is 5.69 Å². The van der Waals surface area contributed by atoms with Crippen molar-refractivity contribution in [2.75, 3.05) is 62.2 Å². The summed E-state index contributed by atoms with van der Waals surface area (Å²) in [6.45, 7) is 8.71. The van der Waals surface area contributed by atoms with E-state index in [-0.39, 0.29) is 17.6 Å². The van der Waals surface area contributed by atoms with Gasteiger partial charge in [-0.05, 0) is 36.8 Å². The zero-order chi connectivity index (χ0) is 27.4. The molecule has 204 valence electrons. The Kier molecular flexibility index (Phi) is 8.30. The molecule has 39 heavy (non-hydrogen) atoms. The molecule has 2 aliphatic rings. The van der Waals surface area contributed by atoms with E-state index >= 15 is 0 Å². The highest BCUT2D eigenvalue weighted by atomic mass is 32.2. The lowest BCUT2D eigenvalue weighted by Crippen LogP contribution is -2.50. The number of rotatable bonds is 6. The minimum atomic E-state index is -0.191. The summed E-state index contributed by atoms with van der Waals surface area (Å²) >= 11 is 1.55. The Balaban J connectivity index is 1.19. The minimum absolute atomic E-state index is 0.00586. The van der Waals surface area contributed by atoms with E-state index in [1.54, 1.807) is 29.7 Å². The Hall–Kier alpha value is -3.66. The molecule has 0 bridgehead atoms. The minimum Gasteiger partial charge on any atom is -0.366 e. The van der Waals surface area contributed by atoms with Crippen LogP contribution in [0.25, 0.3) is 0 Å². The van der Waals surface area contributed by atoms with Crippen molar-refractivity contribution in [2.24, 2.45) is 0 Å². The number of piperazine rings is 2. The van der Waals surface area contributed by atoms with Crippen molar-refractivity contribution in [3.05, 3.63) is 77.2 Å². The lowest BCUT2D eigenvalue weighted by molar-refractivity contribution is -0.130. The number of anilines is 2. The van der Waals surface area contributed by atoms with Gasteiger partial charge in [-0.25, -0.2) is 14.4 Å². The van der Waals surface area contributed by atoms with Crippen LogP contribution in [0.15, 0.2) is 59.8 Å². The van der Waals surface area contributed by atoms with E-state index in [4.69, 9.17) is 4.98 Å². The maximum Gasteiger partial charge on any atom is 0.253 e. The van der Waals surface area contributed by atoms with Crippen LogP contribution in [0.5, 0.6) is 0 Å². The number of aryl methyl sites for hydroxylation is 1. The fourth-order valence-electron chi connectivity index (χ4n) is 4.99. The summed E-state index contributed by atoms with van der Waals surface area (Å²) in [5.74, 6) is 1.38. The van der Waals surface area contributed by atoms with Crippen molar-refractivity contribution in [1.29, 1.82) is 0 Å². The van der Waals surface area contributed by atoms with E-state index in [1.807, 2.05) is 54.3 Å². The number of hydrogen-bond acceptors (Lipinski definition) is 7.